The van der Waals surface area contributed by atoms with Crippen molar-refractivity contribution in [3.8, 4) is 0 Å². The number of hydrogen-bond donors (Lipinski definition) is 4. The molecular formula is C23H29BN2O9. The topological polar surface area (TPSA) is 168 Å². The van der Waals surface area contributed by atoms with Crippen LogP contribution in [0.25, 0.3) is 0 Å². The quantitative estimate of drug-likeness (QED) is 0.309. The molecule has 1 aliphatic heterocycles. The number of amides is 2. The molecule has 11 nitrogen and oxygen atoms in total. The van der Waals surface area contributed by atoms with E-state index in [1.807, 2.05) is 26.0 Å². The van der Waals surface area contributed by atoms with E-state index < -0.39 is 61.2 Å². The van der Waals surface area contributed by atoms with Crippen LogP contribution >= 0.6 is 0 Å². The summed E-state index contributed by atoms with van der Waals surface area (Å²) in [6.45, 7) is 3.31. The Labute approximate surface area is 203 Å². The number of carboxylic acids is 2. The van der Waals surface area contributed by atoms with Crippen LogP contribution in [0.2, 0.25) is 0 Å². The molecule has 0 aromatic heterocycles. The molecule has 2 aliphatic rings. The molecule has 0 aromatic carbocycles. The van der Waals surface area contributed by atoms with Gasteiger partial charge in [0.15, 0.2) is 5.60 Å². The van der Waals surface area contributed by atoms with Gasteiger partial charge in [0.2, 0.25) is 5.91 Å². The van der Waals surface area contributed by atoms with Gasteiger partial charge in [0.25, 0.3) is 5.91 Å². The van der Waals surface area contributed by atoms with Crippen molar-refractivity contribution in [3.63, 3.8) is 0 Å². The van der Waals surface area contributed by atoms with Gasteiger partial charge in [-0.1, -0.05) is 50.3 Å². The van der Waals surface area contributed by atoms with Gasteiger partial charge in [0.05, 0.1) is 25.3 Å². The molecule has 2 amide bonds. The van der Waals surface area contributed by atoms with Crippen LogP contribution < -0.4 is 10.6 Å². The van der Waals surface area contributed by atoms with Gasteiger partial charge in [-0.15, -0.1) is 0 Å². The van der Waals surface area contributed by atoms with Crippen molar-refractivity contribution in [1.29, 1.82) is 0 Å². The minimum Gasteiger partial charge on any atom is -0.506 e. The highest BCUT2D eigenvalue weighted by Gasteiger charge is 2.57. The number of hydrogen-bond acceptors (Lipinski definition) is 7. The number of rotatable bonds is 11. The van der Waals surface area contributed by atoms with Crippen LogP contribution in [0.4, 0.5) is 0 Å². The highest BCUT2D eigenvalue weighted by molar-refractivity contribution is 6.51. The fourth-order valence-electron chi connectivity index (χ4n) is 3.58. The first-order valence-electron chi connectivity index (χ1n) is 11.1. The van der Waals surface area contributed by atoms with Crippen molar-refractivity contribution in [2.45, 2.75) is 51.1 Å². The molecule has 0 aromatic rings. The first-order valence-corrected chi connectivity index (χ1v) is 11.1. The van der Waals surface area contributed by atoms with E-state index >= 15 is 0 Å². The molecule has 12 heteroatoms. The van der Waals surface area contributed by atoms with Crippen LogP contribution in [-0.2, 0) is 33.3 Å². The Hall–Kier alpha value is -3.67. The molecule has 0 radical (unpaired) electrons. The molecule has 0 spiro atoms. The maximum absolute atomic E-state index is 12.6. The van der Waals surface area contributed by atoms with E-state index in [1.165, 1.54) is 0 Å². The Bertz CT molecular complexity index is 952. The lowest BCUT2D eigenvalue weighted by atomic mass is 9.74. The van der Waals surface area contributed by atoms with Crippen LogP contribution in [0.1, 0.15) is 39.5 Å². The minimum absolute atomic E-state index is 0.000638. The van der Waals surface area contributed by atoms with Crippen molar-refractivity contribution in [3.05, 3.63) is 48.1 Å². The molecule has 1 atom stereocenters. The largest absolute Gasteiger partial charge is 0.552 e. The van der Waals surface area contributed by atoms with Crippen LogP contribution in [0, 0.1) is 5.92 Å². The highest BCUT2D eigenvalue weighted by Crippen LogP contribution is 2.32. The predicted octanol–water partition coefficient (Wildman–Crippen LogP) is 0.921. The third kappa shape index (κ3) is 8.56. The molecule has 1 fully saturated rings. The van der Waals surface area contributed by atoms with Crippen molar-refractivity contribution in [2.75, 3.05) is 6.54 Å². The van der Waals surface area contributed by atoms with Crippen molar-refractivity contribution >= 4 is 36.8 Å². The van der Waals surface area contributed by atoms with E-state index in [1.54, 1.807) is 30.4 Å². The molecule has 0 bridgehead atoms. The number of carbonyl (C=O) groups is 5. The zero-order chi connectivity index (χ0) is 26.0. The molecule has 2 rings (SSSR count). The first-order chi connectivity index (χ1) is 16.5. The van der Waals surface area contributed by atoms with Crippen molar-refractivity contribution in [2.24, 2.45) is 5.92 Å². The normalized spacial score (nSPS) is 20.9. The molecule has 1 saturated heterocycles. The summed E-state index contributed by atoms with van der Waals surface area (Å²) in [6.07, 6.45) is 11.4. The predicted molar refractivity (Wildman–Crippen MR) is 125 cm³/mol. The van der Waals surface area contributed by atoms with E-state index in [9.17, 15) is 24.0 Å². The summed E-state index contributed by atoms with van der Waals surface area (Å²) in [5.74, 6) is -5.95. The molecule has 0 saturated carbocycles. The first kappa shape index (κ1) is 27.6. The van der Waals surface area contributed by atoms with E-state index in [-0.39, 0.29) is 18.9 Å². The second-order valence-electron chi connectivity index (χ2n) is 8.59. The SMILES string of the molecule is CC(C)C[C@H](NC(=O)CNC(=O)/C1=C/C=C\C=C/CC=C1)B1OC(=O)C(CC(=O)O)(CC(=O)O)O1. The Morgan fingerprint density at radius 3 is 2.40 bits per heavy atom. The lowest BCUT2D eigenvalue weighted by molar-refractivity contribution is -0.157. The number of nitrogens with one attached hydrogen (secondary N) is 2. The third-order valence-corrected chi connectivity index (χ3v) is 5.09. The summed E-state index contributed by atoms with van der Waals surface area (Å²) < 4.78 is 10.7. The van der Waals surface area contributed by atoms with Crippen molar-refractivity contribution < 1.29 is 43.5 Å². The standard InChI is InChI=1S/C23H29BN2O9/c1-15(2)11-17(24-34-22(33)23(35-24,12-19(28)29)13-20(30)31)26-18(27)14-25-21(32)16-9-7-5-3-4-6-8-10-16/h3-5,7-10,15,17H,6,11-14H2,1-2H3,(H,25,32)(H,26,27)(H,28,29)(H,30,31)/b4-3-,7-5-,10-8?,16-9+/t17-/m0/s1. The Morgan fingerprint density at radius 1 is 1.09 bits per heavy atom. The van der Waals surface area contributed by atoms with Gasteiger partial charge in [-0.2, -0.15) is 0 Å². The van der Waals surface area contributed by atoms with E-state index in [4.69, 9.17) is 19.5 Å². The monoisotopic (exact) mass is 488 g/mol. The highest BCUT2D eigenvalue weighted by atomic mass is 16.7. The fourth-order valence-corrected chi connectivity index (χ4v) is 3.58. The zero-order valence-corrected chi connectivity index (χ0v) is 19.6. The van der Waals surface area contributed by atoms with E-state index in [0.717, 1.165) is 0 Å². The Balaban J connectivity index is 2.07. The van der Waals surface area contributed by atoms with Crippen molar-refractivity contribution in [1.82, 2.24) is 10.6 Å². The smallest absolute Gasteiger partial charge is 0.506 e. The number of carboxylic acid groups (broad SMARTS) is 2. The summed E-state index contributed by atoms with van der Waals surface area (Å²) >= 11 is 0. The second-order valence-corrected chi connectivity index (χ2v) is 8.59. The molecular weight excluding hydrogens is 459 g/mol. The van der Waals surface area contributed by atoms with Gasteiger partial charge in [-0.25, -0.2) is 0 Å². The number of allylic oxidation sites excluding steroid dienone is 6. The van der Waals surface area contributed by atoms with Gasteiger partial charge in [-0.3, -0.25) is 24.0 Å². The average molecular weight is 488 g/mol. The maximum atomic E-state index is 12.6. The van der Waals surface area contributed by atoms with Crippen LogP contribution in [-0.4, -0.2) is 65.1 Å². The van der Waals surface area contributed by atoms with Gasteiger partial charge in [-0.05, 0) is 24.8 Å². The molecule has 1 heterocycles. The maximum Gasteiger partial charge on any atom is 0.552 e. The fraction of sp³-hybridized carbons (Fsp3) is 0.435. The molecule has 35 heavy (non-hydrogen) atoms. The summed E-state index contributed by atoms with van der Waals surface area (Å²) in [7, 11) is -1.39. The molecule has 1 aliphatic carbocycles. The lowest BCUT2D eigenvalue weighted by Gasteiger charge is -2.24. The number of carbonyl (C=O) groups excluding carboxylic acids is 3. The van der Waals surface area contributed by atoms with Crippen LogP contribution in [0.15, 0.2) is 48.1 Å². The van der Waals surface area contributed by atoms with Gasteiger partial charge < -0.3 is 30.2 Å². The lowest BCUT2D eigenvalue weighted by Crippen LogP contribution is -2.51. The van der Waals surface area contributed by atoms with Crippen LogP contribution in [0.5, 0.6) is 0 Å². The van der Waals surface area contributed by atoms with E-state index in [2.05, 4.69) is 10.6 Å². The van der Waals surface area contributed by atoms with Gasteiger partial charge >= 0.3 is 25.0 Å². The third-order valence-electron chi connectivity index (χ3n) is 5.09. The molecule has 0 unspecified atom stereocenters. The molecule has 188 valence electrons. The summed E-state index contributed by atoms with van der Waals surface area (Å²) in [6, 6.07) is 0. The summed E-state index contributed by atoms with van der Waals surface area (Å²) in [5.41, 5.74) is -1.84. The van der Waals surface area contributed by atoms with E-state index in [0.29, 0.717) is 12.0 Å². The Morgan fingerprint density at radius 2 is 1.77 bits per heavy atom. The molecule has 4 N–H and O–H groups in total. The summed E-state index contributed by atoms with van der Waals surface area (Å²) in [5, 5.41) is 23.5. The zero-order valence-electron chi connectivity index (χ0n) is 19.6. The van der Waals surface area contributed by atoms with Gasteiger partial charge in [0, 0.05) is 5.57 Å². The summed E-state index contributed by atoms with van der Waals surface area (Å²) in [4.78, 5) is 60.0. The number of aliphatic carboxylic acids is 2. The average Bonchev–Trinajstić information content (AvgIpc) is 3.12. The van der Waals surface area contributed by atoms with Gasteiger partial charge in [0.1, 0.15) is 0 Å². The second kappa shape index (κ2) is 12.7. The minimum atomic E-state index is -2.20. The Kier molecular flexibility index (Phi) is 10.0. The van der Waals surface area contributed by atoms with Crippen LogP contribution in [0.3, 0.4) is 0 Å².